The van der Waals surface area contributed by atoms with Crippen molar-refractivity contribution in [3.05, 3.63) is 65.4 Å². The van der Waals surface area contributed by atoms with E-state index < -0.39 is 10.0 Å². The molecule has 9 heteroatoms. The maximum Gasteiger partial charge on any atom is 0.243 e. The molecule has 32 heavy (non-hydrogen) atoms. The molecule has 4 rings (SSSR count). The molecule has 1 aliphatic heterocycles. The van der Waals surface area contributed by atoms with E-state index >= 15 is 0 Å². The second kappa shape index (κ2) is 9.89. The Balaban J connectivity index is 1.43. The number of nitrogens with one attached hydrogen (secondary N) is 1. The average Bonchev–Trinajstić information content (AvgIpc) is 3.05. The lowest BCUT2D eigenvalue weighted by Gasteiger charge is -2.20. The predicted molar refractivity (Wildman–Crippen MR) is 124 cm³/mol. The summed E-state index contributed by atoms with van der Waals surface area (Å²) < 4.78 is 41.0. The van der Waals surface area contributed by atoms with Crippen LogP contribution in [0.3, 0.4) is 0 Å². The van der Waals surface area contributed by atoms with Crippen molar-refractivity contribution in [3.8, 4) is 10.6 Å². The van der Waals surface area contributed by atoms with E-state index in [0.29, 0.717) is 35.0 Å². The Labute approximate surface area is 191 Å². The molecule has 0 atom stereocenters. The number of sulfonamides is 1. The maximum absolute atomic E-state index is 13.4. The Bertz CT molecular complexity index is 1200. The lowest BCUT2D eigenvalue weighted by atomic mass is 10.2. The lowest BCUT2D eigenvalue weighted by molar-refractivity contribution is -0.115. The molecule has 1 fully saturated rings. The first-order chi connectivity index (χ1) is 15.4. The second-order valence-electron chi connectivity index (χ2n) is 7.73. The Hall–Kier alpha value is -2.62. The normalized spacial score (nSPS) is 15.3. The van der Waals surface area contributed by atoms with Crippen molar-refractivity contribution in [2.75, 3.05) is 18.4 Å². The summed E-state index contributed by atoms with van der Waals surface area (Å²) in [6.07, 6.45) is 3.84. The van der Waals surface area contributed by atoms with Crippen molar-refractivity contribution in [2.45, 2.75) is 37.0 Å². The van der Waals surface area contributed by atoms with Gasteiger partial charge < -0.3 is 5.32 Å². The van der Waals surface area contributed by atoms with Gasteiger partial charge in [-0.1, -0.05) is 31.0 Å². The molecular formula is C23H24FN3O3S2. The molecule has 2 aromatic carbocycles. The molecule has 168 valence electrons. The zero-order chi connectivity index (χ0) is 22.6. The van der Waals surface area contributed by atoms with Gasteiger partial charge in [-0.15, -0.1) is 11.3 Å². The first kappa shape index (κ1) is 22.6. The van der Waals surface area contributed by atoms with Gasteiger partial charge in [0, 0.05) is 29.7 Å². The van der Waals surface area contributed by atoms with E-state index in [1.54, 1.807) is 35.7 Å². The number of thiazole rings is 1. The standard InChI is InChI=1S/C23H24FN3O3S2/c24-18-8-5-7-17(13-18)23-26-20(16-31-23)15-22(28)25-19-9-6-10-21(14-19)32(29,30)27-11-3-1-2-4-12-27/h5-10,13-14,16H,1-4,11-12,15H2,(H,25,28). The van der Waals surface area contributed by atoms with Crippen LogP contribution in [-0.2, 0) is 21.2 Å². The number of benzene rings is 2. The molecule has 0 unspecified atom stereocenters. The summed E-state index contributed by atoms with van der Waals surface area (Å²) in [6.45, 7) is 1.05. The SMILES string of the molecule is O=C(Cc1csc(-c2cccc(F)c2)n1)Nc1cccc(S(=O)(=O)N2CCCCCC2)c1. The number of rotatable bonds is 6. The van der Waals surface area contributed by atoms with Crippen LogP contribution in [0.1, 0.15) is 31.4 Å². The summed E-state index contributed by atoms with van der Waals surface area (Å²) in [7, 11) is -3.59. The molecule has 1 aliphatic rings. The van der Waals surface area contributed by atoms with Gasteiger partial charge in [-0.3, -0.25) is 4.79 Å². The van der Waals surface area contributed by atoms with Crippen LogP contribution in [-0.4, -0.2) is 36.7 Å². The minimum atomic E-state index is -3.59. The minimum Gasteiger partial charge on any atom is -0.326 e. The third-order valence-corrected chi connectivity index (χ3v) is 8.12. The van der Waals surface area contributed by atoms with Crippen LogP contribution in [0.15, 0.2) is 58.8 Å². The highest BCUT2D eigenvalue weighted by Gasteiger charge is 2.25. The molecule has 1 saturated heterocycles. The van der Waals surface area contributed by atoms with Gasteiger partial charge in [-0.2, -0.15) is 4.31 Å². The van der Waals surface area contributed by atoms with Crippen LogP contribution in [0, 0.1) is 5.82 Å². The van der Waals surface area contributed by atoms with Gasteiger partial charge in [0.25, 0.3) is 0 Å². The van der Waals surface area contributed by atoms with Crippen molar-refractivity contribution < 1.29 is 17.6 Å². The van der Waals surface area contributed by atoms with E-state index in [-0.39, 0.29) is 23.0 Å². The summed E-state index contributed by atoms with van der Waals surface area (Å²) in [5.41, 5.74) is 1.65. The van der Waals surface area contributed by atoms with Crippen molar-refractivity contribution in [1.82, 2.24) is 9.29 Å². The highest BCUT2D eigenvalue weighted by Crippen LogP contribution is 2.25. The van der Waals surface area contributed by atoms with Crippen LogP contribution in [0.25, 0.3) is 10.6 Å². The van der Waals surface area contributed by atoms with E-state index in [1.165, 1.54) is 33.8 Å². The van der Waals surface area contributed by atoms with E-state index in [0.717, 1.165) is 25.7 Å². The van der Waals surface area contributed by atoms with Gasteiger partial charge in [0.05, 0.1) is 17.0 Å². The molecule has 0 spiro atoms. The summed E-state index contributed by atoms with van der Waals surface area (Å²) in [4.78, 5) is 17.1. The summed E-state index contributed by atoms with van der Waals surface area (Å²) in [5, 5.41) is 5.16. The maximum atomic E-state index is 13.4. The Morgan fingerprint density at radius 3 is 2.56 bits per heavy atom. The molecule has 1 amide bonds. The minimum absolute atomic E-state index is 0.0366. The second-order valence-corrected chi connectivity index (χ2v) is 10.5. The van der Waals surface area contributed by atoms with Crippen molar-refractivity contribution >= 4 is 33.0 Å². The molecule has 0 bridgehead atoms. The fourth-order valence-electron chi connectivity index (χ4n) is 3.68. The van der Waals surface area contributed by atoms with Gasteiger partial charge in [0.15, 0.2) is 0 Å². The Kier molecular flexibility index (Phi) is 6.98. The number of amides is 1. The molecule has 6 nitrogen and oxygen atoms in total. The summed E-state index contributed by atoms with van der Waals surface area (Å²) >= 11 is 1.34. The van der Waals surface area contributed by atoms with E-state index in [9.17, 15) is 17.6 Å². The zero-order valence-electron chi connectivity index (χ0n) is 17.5. The lowest BCUT2D eigenvalue weighted by Crippen LogP contribution is -2.32. The third kappa shape index (κ3) is 5.40. The number of carbonyl (C=O) groups is 1. The van der Waals surface area contributed by atoms with Crippen molar-refractivity contribution in [3.63, 3.8) is 0 Å². The number of carbonyl (C=O) groups excluding carboxylic acids is 1. The number of anilines is 1. The van der Waals surface area contributed by atoms with Gasteiger partial charge in [0.2, 0.25) is 15.9 Å². The molecular weight excluding hydrogens is 449 g/mol. The predicted octanol–water partition coefficient (Wildman–Crippen LogP) is 4.70. The highest BCUT2D eigenvalue weighted by atomic mass is 32.2. The third-order valence-electron chi connectivity index (χ3n) is 5.29. The quantitative estimate of drug-likeness (QED) is 0.563. The monoisotopic (exact) mass is 473 g/mol. The number of hydrogen-bond donors (Lipinski definition) is 1. The summed E-state index contributed by atoms with van der Waals surface area (Å²) in [5.74, 6) is -0.641. The van der Waals surface area contributed by atoms with Gasteiger partial charge in [0.1, 0.15) is 10.8 Å². The van der Waals surface area contributed by atoms with Gasteiger partial charge in [-0.25, -0.2) is 17.8 Å². The average molecular weight is 474 g/mol. The highest BCUT2D eigenvalue weighted by molar-refractivity contribution is 7.89. The summed E-state index contributed by atoms with van der Waals surface area (Å²) in [6, 6.07) is 12.5. The zero-order valence-corrected chi connectivity index (χ0v) is 19.1. The number of nitrogens with zero attached hydrogens (tertiary/aromatic N) is 2. The number of halogens is 1. The van der Waals surface area contributed by atoms with Gasteiger partial charge in [-0.05, 0) is 43.2 Å². The Morgan fingerprint density at radius 1 is 1.06 bits per heavy atom. The molecule has 2 heterocycles. The Morgan fingerprint density at radius 2 is 1.81 bits per heavy atom. The van der Waals surface area contributed by atoms with E-state index in [4.69, 9.17) is 0 Å². The van der Waals surface area contributed by atoms with Crippen molar-refractivity contribution in [2.24, 2.45) is 0 Å². The molecule has 1 N–H and O–H groups in total. The number of hydrogen-bond acceptors (Lipinski definition) is 5. The first-order valence-electron chi connectivity index (χ1n) is 10.5. The van der Waals surface area contributed by atoms with Crippen LogP contribution < -0.4 is 5.32 Å². The topological polar surface area (TPSA) is 79.4 Å². The largest absolute Gasteiger partial charge is 0.326 e. The molecule has 1 aromatic heterocycles. The van der Waals surface area contributed by atoms with Crippen LogP contribution in [0.2, 0.25) is 0 Å². The van der Waals surface area contributed by atoms with Crippen LogP contribution in [0.5, 0.6) is 0 Å². The van der Waals surface area contributed by atoms with Gasteiger partial charge >= 0.3 is 0 Å². The molecule has 3 aromatic rings. The van der Waals surface area contributed by atoms with Crippen LogP contribution >= 0.6 is 11.3 Å². The molecule has 0 saturated carbocycles. The fraction of sp³-hybridized carbons (Fsp3) is 0.304. The van der Waals surface area contributed by atoms with Crippen LogP contribution in [0.4, 0.5) is 10.1 Å². The molecule has 0 radical (unpaired) electrons. The smallest absolute Gasteiger partial charge is 0.243 e. The first-order valence-corrected chi connectivity index (χ1v) is 12.8. The van der Waals surface area contributed by atoms with Crippen molar-refractivity contribution in [1.29, 1.82) is 0 Å². The number of aromatic nitrogens is 1. The molecule has 0 aliphatic carbocycles. The van der Waals surface area contributed by atoms with E-state index in [2.05, 4.69) is 10.3 Å². The fourth-order valence-corrected chi connectivity index (χ4v) is 6.06. The van der Waals surface area contributed by atoms with E-state index in [1.807, 2.05) is 0 Å².